The van der Waals surface area contributed by atoms with Gasteiger partial charge in [0.2, 0.25) is 0 Å². The Labute approximate surface area is 202 Å². The van der Waals surface area contributed by atoms with Crippen LogP contribution in [0.4, 0.5) is 5.69 Å². The number of anilines is 1. The molecule has 5 heterocycles. The number of carboxylic acids is 1. The van der Waals surface area contributed by atoms with Crippen molar-refractivity contribution in [2.24, 2.45) is 0 Å². The number of hydrogen-bond donors (Lipinski definition) is 5. The molecule has 4 aromatic rings. The quantitative estimate of drug-likeness (QED) is 0.283. The van der Waals surface area contributed by atoms with Gasteiger partial charge in [-0.05, 0) is 48.5 Å². The van der Waals surface area contributed by atoms with E-state index in [1.807, 2.05) is 25.1 Å². The van der Waals surface area contributed by atoms with Crippen molar-refractivity contribution in [1.29, 1.82) is 0 Å². The van der Waals surface area contributed by atoms with E-state index < -0.39 is 11.9 Å². The summed E-state index contributed by atoms with van der Waals surface area (Å²) in [6.07, 6.45) is 1.62. The Bertz CT molecular complexity index is 1530. The molecule has 0 radical (unpaired) electrons. The normalized spacial score (nSPS) is 17.6. The van der Waals surface area contributed by atoms with Crippen molar-refractivity contribution in [2.75, 3.05) is 18.4 Å². The van der Waals surface area contributed by atoms with Gasteiger partial charge in [-0.15, -0.1) is 0 Å². The Hall–Kier alpha value is -3.47. The summed E-state index contributed by atoms with van der Waals surface area (Å²) in [5, 5.41) is 17.6. The van der Waals surface area contributed by atoms with Crippen LogP contribution in [0, 0.1) is 6.92 Å². The minimum absolute atomic E-state index is 0.0435. The van der Waals surface area contributed by atoms with Gasteiger partial charge in [0.15, 0.2) is 16.0 Å². The van der Waals surface area contributed by atoms with Crippen LogP contribution in [0.1, 0.15) is 33.3 Å². The van der Waals surface area contributed by atoms with E-state index in [-0.39, 0.29) is 18.0 Å². The number of aromatic carboxylic acids is 1. The molecule has 0 saturated heterocycles. The molecule has 172 valence electrons. The Kier molecular flexibility index (Phi) is 4.83. The lowest BCUT2D eigenvalue weighted by Gasteiger charge is -2.31. The number of halogens is 1. The van der Waals surface area contributed by atoms with Gasteiger partial charge >= 0.3 is 5.97 Å². The van der Waals surface area contributed by atoms with Gasteiger partial charge in [-0.3, -0.25) is 4.79 Å². The topological polar surface area (TPSA) is 136 Å². The van der Waals surface area contributed by atoms with Crippen LogP contribution in [0.2, 0.25) is 5.02 Å². The highest BCUT2D eigenvalue weighted by atomic mass is 35.5. The predicted molar refractivity (Wildman–Crippen MR) is 127 cm³/mol. The molecule has 6 rings (SSSR count). The lowest BCUT2D eigenvalue weighted by molar-refractivity contribution is -0.115. The highest BCUT2D eigenvalue weighted by Crippen LogP contribution is 2.45. The number of aryl methyl sites for hydroxylation is 1. The SMILES string of the molecule is Cc1cc(Cl)cc2nc(Sc3ccc(C4C5=C(CNCC5=O)Nc5c4c[nH]c5C(=O)O)o3)[nH]c12. The maximum Gasteiger partial charge on any atom is 0.354 e. The molecule has 1 aromatic carbocycles. The fourth-order valence-electron chi connectivity index (χ4n) is 4.59. The third-order valence-corrected chi connectivity index (χ3v) is 7.06. The Morgan fingerprint density at radius 3 is 2.97 bits per heavy atom. The van der Waals surface area contributed by atoms with E-state index in [9.17, 15) is 14.7 Å². The average molecular weight is 496 g/mol. The van der Waals surface area contributed by atoms with Crippen LogP contribution in [-0.4, -0.2) is 44.9 Å². The van der Waals surface area contributed by atoms with Gasteiger partial charge in [-0.25, -0.2) is 9.78 Å². The van der Waals surface area contributed by atoms with Crippen molar-refractivity contribution >= 4 is 51.8 Å². The smallest absolute Gasteiger partial charge is 0.354 e. The van der Waals surface area contributed by atoms with Crippen LogP contribution < -0.4 is 10.6 Å². The summed E-state index contributed by atoms with van der Waals surface area (Å²) in [7, 11) is 0. The van der Waals surface area contributed by atoms with Crippen molar-refractivity contribution in [3.63, 3.8) is 0 Å². The number of fused-ring (bicyclic) bond motifs is 2. The molecular weight excluding hydrogens is 478 g/mol. The van der Waals surface area contributed by atoms with E-state index >= 15 is 0 Å². The van der Waals surface area contributed by atoms with Crippen molar-refractivity contribution in [2.45, 2.75) is 23.1 Å². The second-order valence-corrected chi connectivity index (χ2v) is 9.62. The van der Waals surface area contributed by atoms with E-state index in [0.717, 1.165) is 16.6 Å². The number of Topliss-reactive ketones (excluding diaryl/α,β-unsaturated/α-hetero) is 1. The van der Waals surface area contributed by atoms with Crippen LogP contribution in [0.3, 0.4) is 0 Å². The first kappa shape index (κ1) is 21.1. The molecule has 0 fully saturated rings. The molecule has 0 spiro atoms. The van der Waals surface area contributed by atoms with Crippen LogP contribution in [-0.2, 0) is 4.79 Å². The largest absolute Gasteiger partial charge is 0.477 e. The molecule has 2 aliphatic rings. The predicted octanol–water partition coefficient (Wildman–Crippen LogP) is 4.28. The standard InChI is InChI=1S/C23H18ClN5O4S/c1-9-4-10(24)5-12-19(9)29-23(28-12)34-16-3-2-15(33-16)17-11-6-26-21(22(31)32)20(11)27-13-7-25-8-14(30)18(13)17/h2-6,17,25-27H,7-8H2,1H3,(H,28,29)(H,31,32). The molecule has 0 saturated carbocycles. The third-order valence-electron chi connectivity index (χ3n) is 6.03. The van der Waals surface area contributed by atoms with Gasteiger partial charge < -0.3 is 30.1 Å². The number of aromatic nitrogens is 3. The maximum atomic E-state index is 12.9. The lowest BCUT2D eigenvalue weighted by Crippen LogP contribution is -2.39. The number of carboxylic acid groups (broad SMARTS) is 1. The minimum Gasteiger partial charge on any atom is -0.477 e. The van der Waals surface area contributed by atoms with Crippen LogP contribution in [0.5, 0.6) is 0 Å². The molecule has 0 bridgehead atoms. The fourth-order valence-corrected chi connectivity index (χ4v) is 5.62. The first-order chi connectivity index (χ1) is 16.4. The highest BCUT2D eigenvalue weighted by molar-refractivity contribution is 7.99. The fraction of sp³-hybridized carbons (Fsp3) is 0.174. The van der Waals surface area contributed by atoms with Crippen molar-refractivity contribution in [3.8, 4) is 0 Å². The molecule has 9 nitrogen and oxygen atoms in total. The highest BCUT2D eigenvalue weighted by Gasteiger charge is 2.39. The second kappa shape index (κ2) is 7.79. The zero-order valence-corrected chi connectivity index (χ0v) is 19.4. The first-order valence-electron chi connectivity index (χ1n) is 10.5. The third kappa shape index (κ3) is 3.33. The van der Waals surface area contributed by atoms with E-state index in [1.165, 1.54) is 11.8 Å². The lowest BCUT2D eigenvalue weighted by atomic mass is 9.82. The first-order valence-corrected chi connectivity index (χ1v) is 11.7. The molecule has 1 atom stereocenters. The van der Waals surface area contributed by atoms with E-state index in [4.69, 9.17) is 16.0 Å². The van der Waals surface area contributed by atoms with Crippen LogP contribution >= 0.6 is 23.4 Å². The number of H-pyrrole nitrogens is 2. The Morgan fingerprint density at radius 2 is 2.15 bits per heavy atom. The molecule has 34 heavy (non-hydrogen) atoms. The summed E-state index contributed by atoms with van der Waals surface area (Å²) < 4.78 is 6.18. The summed E-state index contributed by atoms with van der Waals surface area (Å²) in [5.41, 5.74) is 5.07. The Morgan fingerprint density at radius 1 is 1.29 bits per heavy atom. The number of furan rings is 1. The summed E-state index contributed by atoms with van der Waals surface area (Å²) in [6.45, 7) is 2.61. The molecule has 2 aliphatic heterocycles. The van der Waals surface area contributed by atoms with Gasteiger partial charge in [0, 0.05) is 34.6 Å². The zero-order valence-electron chi connectivity index (χ0n) is 17.8. The zero-order chi connectivity index (χ0) is 23.6. The minimum atomic E-state index is -1.08. The van der Waals surface area contributed by atoms with Gasteiger partial charge in [-0.2, -0.15) is 0 Å². The Balaban J connectivity index is 1.39. The molecule has 1 unspecified atom stereocenters. The van der Waals surface area contributed by atoms with Gasteiger partial charge in [0.05, 0.1) is 29.2 Å². The molecule has 11 heteroatoms. The van der Waals surface area contributed by atoms with Gasteiger partial charge in [0.25, 0.3) is 0 Å². The van der Waals surface area contributed by atoms with E-state index in [1.54, 1.807) is 12.3 Å². The number of ketones is 1. The van der Waals surface area contributed by atoms with Crippen LogP contribution in [0.15, 0.2) is 56.4 Å². The van der Waals surface area contributed by atoms with Gasteiger partial charge in [-0.1, -0.05) is 11.6 Å². The maximum absolute atomic E-state index is 12.9. The monoisotopic (exact) mass is 495 g/mol. The number of carbonyl (C=O) groups excluding carboxylic acids is 1. The molecule has 0 amide bonds. The van der Waals surface area contributed by atoms with E-state index in [2.05, 4.69) is 25.6 Å². The number of rotatable bonds is 4. The molecule has 0 aliphatic carbocycles. The number of benzene rings is 1. The van der Waals surface area contributed by atoms with E-state index in [0.29, 0.717) is 50.1 Å². The number of nitrogens with zero attached hydrogens (tertiary/aromatic N) is 1. The van der Waals surface area contributed by atoms with Crippen molar-refractivity contribution in [1.82, 2.24) is 20.3 Å². The number of hydrogen-bond acceptors (Lipinski definition) is 7. The van der Waals surface area contributed by atoms with Crippen molar-refractivity contribution < 1.29 is 19.1 Å². The number of carbonyl (C=O) groups is 2. The van der Waals surface area contributed by atoms with Gasteiger partial charge in [0.1, 0.15) is 11.5 Å². The van der Waals surface area contributed by atoms with Crippen molar-refractivity contribution in [3.05, 3.63) is 69.3 Å². The number of aromatic amines is 2. The molecular formula is C23H18ClN5O4S. The number of imidazole rings is 1. The molecule has 5 N–H and O–H groups in total. The summed E-state index contributed by atoms with van der Waals surface area (Å²) in [5.74, 6) is -1.10. The average Bonchev–Trinajstić information content (AvgIpc) is 3.51. The number of nitrogens with one attached hydrogen (secondary N) is 4. The molecule has 3 aromatic heterocycles. The summed E-state index contributed by atoms with van der Waals surface area (Å²) in [6, 6.07) is 7.32. The summed E-state index contributed by atoms with van der Waals surface area (Å²) in [4.78, 5) is 35.3. The van der Waals surface area contributed by atoms with Crippen LogP contribution in [0.25, 0.3) is 11.0 Å². The summed E-state index contributed by atoms with van der Waals surface area (Å²) >= 11 is 7.48. The second-order valence-electron chi connectivity index (χ2n) is 8.19.